The predicted octanol–water partition coefficient (Wildman–Crippen LogP) is 2.71. The van der Waals surface area contributed by atoms with Crippen LogP contribution in [0.2, 0.25) is 5.02 Å². The summed E-state index contributed by atoms with van der Waals surface area (Å²) in [5.74, 6) is 1.36. The molecule has 0 aliphatic heterocycles. The first kappa shape index (κ1) is 14.1. The second-order valence-corrected chi connectivity index (χ2v) is 6.40. The van der Waals surface area contributed by atoms with Gasteiger partial charge in [-0.25, -0.2) is 4.98 Å². The number of thioether (sulfide) groups is 1. The number of aromatic nitrogens is 1. The summed E-state index contributed by atoms with van der Waals surface area (Å²) in [7, 11) is 0. The van der Waals surface area contributed by atoms with Crippen LogP contribution in [0.25, 0.3) is 0 Å². The first-order chi connectivity index (χ1) is 8.65. The highest BCUT2D eigenvalue weighted by atomic mass is 35.5. The highest BCUT2D eigenvalue weighted by Crippen LogP contribution is 2.37. The summed E-state index contributed by atoms with van der Waals surface area (Å²) in [5.41, 5.74) is 5.84. The fraction of sp³-hybridized carbons (Fsp3) is 0.615. The van der Waals surface area contributed by atoms with E-state index in [2.05, 4.69) is 4.98 Å². The van der Waals surface area contributed by atoms with Crippen LogP contribution in [-0.4, -0.2) is 28.0 Å². The lowest BCUT2D eigenvalue weighted by molar-refractivity contribution is 0.158. The van der Waals surface area contributed by atoms with Gasteiger partial charge in [0.1, 0.15) is 5.03 Å². The summed E-state index contributed by atoms with van der Waals surface area (Å²) < 4.78 is 0. The Balaban J connectivity index is 1.84. The molecule has 0 spiro atoms. The van der Waals surface area contributed by atoms with E-state index in [1.54, 1.807) is 18.0 Å². The monoisotopic (exact) mass is 286 g/mol. The molecule has 0 bridgehead atoms. The number of nitrogens with zero attached hydrogens (tertiary/aromatic N) is 1. The molecule has 1 saturated carbocycles. The lowest BCUT2D eigenvalue weighted by Crippen LogP contribution is -2.47. The summed E-state index contributed by atoms with van der Waals surface area (Å²) in [4.78, 5) is 4.25. The number of hydrogen-bond donors (Lipinski definition) is 2. The molecule has 18 heavy (non-hydrogen) atoms. The molecule has 0 aromatic carbocycles. The molecule has 1 aromatic heterocycles. The third-order valence-electron chi connectivity index (χ3n) is 3.73. The Morgan fingerprint density at radius 3 is 3.17 bits per heavy atom. The molecule has 1 aliphatic carbocycles. The summed E-state index contributed by atoms with van der Waals surface area (Å²) >= 11 is 7.72. The van der Waals surface area contributed by atoms with Crippen molar-refractivity contribution in [2.45, 2.75) is 36.2 Å². The molecule has 5 heteroatoms. The average Bonchev–Trinajstić information content (AvgIpc) is 2.74. The molecule has 1 aliphatic rings. The van der Waals surface area contributed by atoms with E-state index in [1.165, 1.54) is 0 Å². The van der Waals surface area contributed by atoms with Crippen LogP contribution in [0, 0.1) is 5.92 Å². The molecule has 2 unspecified atom stereocenters. The van der Waals surface area contributed by atoms with Crippen molar-refractivity contribution in [3.05, 3.63) is 23.4 Å². The summed E-state index contributed by atoms with van der Waals surface area (Å²) in [5, 5.41) is 11.0. The predicted molar refractivity (Wildman–Crippen MR) is 75.9 cm³/mol. The number of rotatable bonds is 5. The molecule has 0 saturated heterocycles. The van der Waals surface area contributed by atoms with Crippen LogP contribution in [0.1, 0.15) is 25.7 Å². The topological polar surface area (TPSA) is 59.1 Å². The Hall–Kier alpha value is -0.290. The van der Waals surface area contributed by atoms with Gasteiger partial charge in [0.2, 0.25) is 0 Å². The lowest BCUT2D eigenvalue weighted by Gasteiger charge is -2.29. The highest BCUT2D eigenvalue weighted by molar-refractivity contribution is 7.99. The molecule has 1 aromatic rings. The van der Waals surface area contributed by atoms with E-state index in [1.807, 2.05) is 12.1 Å². The zero-order chi connectivity index (χ0) is 13.0. The van der Waals surface area contributed by atoms with Gasteiger partial charge < -0.3 is 10.8 Å². The zero-order valence-electron chi connectivity index (χ0n) is 10.3. The van der Waals surface area contributed by atoms with Crippen molar-refractivity contribution in [3.8, 4) is 0 Å². The van der Waals surface area contributed by atoms with Crippen LogP contribution in [-0.2, 0) is 0 Å². The van der Waals surface area contributed by atoms with E-state index < -0.39 is 0 Å². The van der Waals surface area contributed by atoms with Crippen molar-refractivity contribution in [3.63, 3.8) is 0 Å². The van der Waals surface area contributed by atoms with E-state index >= 15 is 0 Å². The number of pyridine rings is 1. The van der Waals surface area contributed by atoms with Gasteiger partial charge in [0.15, 0.2) is 0 Å². The van der Waals surface area contributed by atoms with Crippen LogP contribution in [0.5, 0.6) is 0 Å². The normalized spacial score (nSPS) is 27.6. The standard InChI is InChI=1S/C13H19ClN2OS/c14-11-4-2-7-16-12(11)18-8-5-10-3-1-6-13(10,15)9-17/h2,4,7,10,17H,1,3,5-6,8-9,15H2. The smallest absolute Gasteiger partial charge is 0.115 e. The molecule has 2 atom stereocenters. The Kier molecular flexibility index (Phi) is 4.90. The van der Waals surface area contributed by atoms with Crippen LogP contribution in [0.15, 0.2) is 23.4 Å². The lowest BCUT2D eigenvalue weighted by atomic mass is 9.87. The number of aliphatic hydroxyl groups excluding tert-OH is 1. The van der Waals surface area contributed by atoms with Gasteiger partial charge in [-0.15, -0.1) is 11.8 Å². The van der Waals surface area contributed by atoms with Crippen molar-refractivity contribution >= 4 is 23.4 Å². The SMILES string of the molecule is NC1(CO)CCCC1CCSc1ncccc1Cl. The second-order valence-electron chi connectivity index (χ2n) is 4.91. The maximum absolute atomic E-state index is 9.39. The number of aliphatic hydroxyl groups is 1. The van der Waals surface area contributed by atoms with E-state index in [0.717, 1.165) is 36.5 Å². The summed E-state index contributed by atoms with van der Waals surface area (Å²) in [6, 6.07) is 3.69. The first-order valence-electron chi connectivity index (χ1n) is 6.29. The van der Waals surface area contributed by atoms with Gasteiger partial charge in [-0.05, 0) is 43.1 Å². The Morgan fingerprint density at radius 1 is 1.61 bits per heavy atom. The van der Waals surface area contributed by atoms with Crippen molar-refractivity contribution in [1.82, 2.24) is 4.98 Å². The van der Waals surface area contributed by atoms with E-state index in [9.17, 15) is 5.11 Å². The molecule has 1 heterocycles. The molecule has 2 rings (SSSR count). The largest absolute Gasteiger partial charge is 0.394 e. The fourth-order valence-corrected chi connectivity index (χ4v) is 3.81. The van der Waals surface area contributed by atoms with Crippen molar-refractivity contribution < 1.29 is 5.11 Å². The third kappa shape index (κ3) is 3.18. The average molecular weight is 287 g/mol. The van der Waals surface area contributed by atoms with E-state index in [-0.39, 0.29) is 12.1 Å². The maximum Gasteiger partial charge on any atom is 0.115 e. The molecular weight excluding hydrogens is 268 g/mol. The van der Waals surface area contributed by atoms with Crippen molar-refractivity contribution in [2.75, 3.05) is 12.4 Å². The maximum atomic E-state index is 9.39. The molecule has 3 N–H and O–H groups in total. The van der Waals surface area contributed by atoms with Crippen molar-refractivity contribution in [2.24, 2.45) is 11.7 Å². The number of hydrogen-bond acceptors (Lipinski definition) is 4. The second kappa shape index (κ2) is 6.24. The Bertz CT molecular complexity index is 404. The third-order valence-corrected chi connectivity index (χ3v) is 5.19. The van der Waals surface area contributed by atoms with Gasteiger partial charge in [0.25, 0.3) is 0 Å². The minimum Gasteiger partial charge on any atom is -0.394 e. The van der Waals surface area contributed by atoms with Gasteiger partial charge in [-0.1, -0.05) is 18.0 Å². The minimum absolute atomic E-state index is 0.0900. The zero-order valence-corrected chi connectivity index (χ0v) is 11.9. The van der Waals surface area contributed by atoms with Crippen LogP contribution in [0.3, 0.4) is 0 Å². The molecule has 0 amide bonds. The quantitative estimate of drug-likeness (QED) is 0.817. The highest BCUT2D eigenvalue weighted by Gasteiger charge is 2.38. The molecule has 0 radical (unpaired) electrons. The molecule has 1 fully saturated rings. The van der Waals surface area contributed by atoms with Gasteiger partial charge >= 0.3 is 0 Å². The summed E-state index contributed by atoms with van der Waals surface area (Å²) in [6.45, 7) is 0.0900. The van der Waals surface area contributed by atoms with Crippen LogP contribution >= 0.6 is 23.4 Å². The fourth-order valence-electron chi connectivity index (χ4n) is 2.58. The Labute approximate surface area is 117 Å². The van der Waals surface area contributed by atoms with Gasteiger partial charge in [0, 0.05) is 11.7 Å². The van der Waals surface area contributed by atoms with Gasteiger partial charge in [-0.2, -0.15) is 0 Å². The minimum atomic E-state index is -0.367. The van der Waals surface area contributed by atoms with E-state index in [4.69, 9.17) is 17.3 Å². The molecule has 3 nitrogen and oxygen atoms in total. The Morgan fingerprint density at radius 2 is 2.44 bits per heavy atom. The van der Waals surface area contributed by atoms with Crippen molar-refractivity contribution in [1.29, 1.82) is 0 Å². The molecule has 100 valence electrons. The van der Waals surface area contributed by atoms with Gasteiger partial charge in [0.05, 0.1) is 11.6 Å². The summed E-state index contributed by atoms with van der Waals surface area (Å²) in [6.07, 6.45) is 5.94. The van der Waals surface area contributed by atoms with Crippen LogP contribution in [0.4, 0.5) is 0 Å². The molecular formula is C13H19ClN2OS. The first-order valence-corrected chi connectivity index (χ1v) is 7.65. The number of halogens is 1. The van der Waals surface area contributed by atoms with Crippen LogP contribution < -0.4 is 5.73 Å². The van der Waals surface area contributed by atoms with Gasteiger partial charge in [-0.3, -0.25) is 0 Å². The van der Waals surface area contributed by atoms with E-state index in [0.29, 0.717) is 10.9 Å². The number of nitrogens with two attached hydrogens (primary N) is 1.